The molecule has 0 spiro atoms. The van der Waals surface area contributed by atoms with Gasteiger partial charge in [0.15, 0.2) is 0 Å². The quantitative estimate of drug-likeness (QED) is 0.410. The number of nitrogens with zero attached hydrogens (tertiary/aromatic N) is 1. The van der Waals surface area contributed by atoms with Gasteiger partial charge in [0, 0.05) is 26.2 Å². The lowest BCUT2D eigenvalue weighted by molar-refractivity contribution is 0.283. The minimum absolute atomic E-state index is 0.711. The number of unbranched alkanes of at least 4 members (excludes halogenated alkanes) is 1. The molecule has 0 bridgehead atoms. The molecule has 0 fully saturated rings. The highest BCUT2D eigenvalue weighted by molar-refractivity contribution is 4.58. The Hall–Kier alpha value is -0.160. The fourth-order valence-electron chi connectivity index (χ4n) is 1.18. The zero-order chi connectivity index (χ0) is 9.23. The van der Waals surface area contributed by atoms with Gasteiger partial charge in [0.25, 0.3) is 0 Å². The number of hydrogen-bond acceptors (Lipinski definition) is 4. The zero-order valence-electron chi connectivity index (χ0n) is 7.84. The second kappa shape index (κ2) is 8.93. The van der Waals surface area contributed by atoms with E-state index in [4.69, 9.17) is 17.2 Å². The second-order valence-electron chi connectivity index (χ2n) is 2.91. The summed E-state index contributed by atoms with van der Waals surface area (Å²) in [5, 5.41) is 0. The monoisotopic (exact) mass is 174 g/mol. The molecule has 0 rings (SSSR count). The predicted molar refractivity (Wildman–Crippen MR) is 52.8 cm³/mol. The predicted octanol–water partition coefficient (Wildman–Crippen LogP) is -1.06. The Kier molecular flexibility index (Phi) is 8.81. The van der Waals surface area contributed by atoms with Gasteiger partial charge in [-0.1, -0.05) is 0 Å². The molecule has 0 amide bonds. The van der Waals surface area contributed by atoms with Crippen molar-refractivity contribution in [3.05, 3.63) is 0 Å². The summed E-state index contributed by atoms with van der Waals surface area (Å²) in [6.07, 6.45) is 2.24. The van der Waals surface area contributed by atoms with E-state index in [9.17, 15) is 0 Å². The molecule has 74 valence electrons. The molecule has 0 aliphatic rings. The first kappa shape index (κ1) is 11.8. The molecular formula is C8H22N4. The van der Waals surface area contributed by atoms with Gasteiger partial charge in [0.1, 0.15) is 0 Å². The highest BCUT2D eigenvalue weighted by Crippen LogP contribution is 1.92. The van der Waals surface area contributed by atoms with E-state index in [1.54, 1.807) is 0 Å². The van der Waals surface area contributed by atoms with E-state index in [0.717, 1.165) is 39.0 Å². The highest BCUT2D eigenvalue weighted by Gasteiger charge is 2.00. The SMILES string of the molecule is NCCCCN(CCN)CCN. The molecule has 0 aromatic heterocycles. The molecule has 4 heteroatoms. The first-order valence-electron chi connectivity index (χ1n) is 4.67. The minimum Gasteiger partial charge on any atom is -0.330 e. The van der Waals surface area contributed by atoms with Gasteiger partial charge < -0.3 is 22.1 Å². The average Bonchev–Trinajstić information content (AvgIpc) is 2.06. The van der Waals surface area contributed by atoms with Crippen LogP contribution >= 0.6 is 0 Å². The Bertz CT molecular complexity index is 81.1. The van der Waals surface area contributed by atoms with Gasteiger partial charge in [-0.25, -0.2) is 0 Å². The third-order valence-electron chi connectivity index (χ3n) is 1.82. The fraction of sp³-hybridized carbons (Fsp3) is 1.00. The van der Waals surface area contributed by atoms with Crippen molar-refractivity contribution in [2.75, 3.05) is 39.3 Å². The van der Waals surface area contributed by atoms with E-state index in [1.807, 2.05) is 0 Å². The van der Waals surface area contributed by atoms with Crippen molar-refractivity contribution in [1.29, 1.82) is 0 Å². The summed E-state index contributed by atoms with van der Waals surface area (Å²) in [5.41, 5.74) is 16.3. The van der Waals surface area contributed by atoms with Gasteiger partial charge in [-0.2, -0.15) is 0 Å². The van der Waals surface area contributed by atoms with E-state index in [2.05, 4.69) is 4.90 Å². The van der Waals surface area contributed by atoms with Gasteiger partial charge in [0.05, 0.1) is 0 Å². The first-order chi connectivity index (χ1) is 5.85. The maximum absolute atomic E-state index is 5.46. The normalized spacial score (nSPS) is 11.0. The number of hydrogen-bond donors (Lipinski definition) is 3. The molecule has 6 N–H and O–H groups in total. The molecule has 0 unspecified atom stereocenters. The van der Waals surface area contributed by atoms with Crippen molar-refractivity contribution >= 4 is 0 Å². The average molecular weight is 174 g/mol. The van der Waals surface area contributed by atoms with Crippen LogP contribution in [0.3, 0.4) is 0 Å². The van der Waals surface area contributed by atoms with Crippen LogP contribution in [0.5, 0.6) is 0 Å². The van der Waals surface area contributed by atoms with Crippen LogP contribution in [-0.2, 0) is 0 Å². The van der Waals surface area contributed by atoms with Crippen molar-refractivity contribution < 1.29 is 0 Å². The smallest absolute Gasteiger partial charge is 0.0105 e. The van der Waals surface area contributed by atoms with E-state index < -0.39 is 0 Å². The van der Waals surface area contributed by atoms with Crippen LogP contribution in [0.1, 0.15) is 12.8 Å². The van der Waals surface area contributed by atoms with Gasteiger partial charge in [-0.05, 0) is 25.9 Å². The lowest BCUT2D eigenvalue weighted by atomic mass is 10.3. The molecule has 0 aromatic rings. The van der Waals surface area contributed by atoms with Crippen molar-refractivity contribution in [3.8, 4) is 0 Å². The van der Waals surface area contributed by atoms with Gasteiger partial charge in [-0.3, -0.25) is 0 Å². The molecule has 0 radical (unpaired) electrons. The zero-order valence-corrected chi connectivity index (χ0v) is 7.84. The Labute approximate surface area is 75.1 Å². The lowest BCUT2D eigenvalue weighted by Crippen LogP contribution is -2.34. The molecule has 0 aromatic carbocycles. The van der Waals surface area contributed by atoms with Crippen molar-refractivity contribution in [2.24, 2.45) is 17.2 Å². The summed E-state index contributed by atoms with van der Waals surface area (Å²) in [7, 11) is 0. The molecular weight excluding hydrogens is 152 g/mol. The topological polar surface area (TPSA) is 81.3 Å². The van der Waals surface area contributed by atoms with E-state index in [0.29, 0.717) is 13.1 Å². The minimum atomic E-state index is 0.711. The summed E-state index contributed by atoms with van der Waals surface area (Å²) in [5.74, 6) is 0. The van der Waals surface area contributed by atoms with Crippen LogP contribution < -0.4 is 17.2 Å². The van der Waals surface area contributed by atoms with Crippen molar-refractivity contribution in [2.45, 2.75) is 12.8 Å². The van der Waals surface area contributed by atoms with Gasteiger partial charge >= 0.3 is 0 Å². The van der Waals surface area contributed by atoms with Crippen LogP contribution in [0.2, 0.25) is 0 Å². The van der Waals surface area contributed by atoms with Gasteiger partial charge in [-0.15, -0.1) is 0 Å². The van der Waals surface area contributed by atoms with Crippen molar-refractivity contribution in [1.82, 2.24) is 4.90 Å². The van der Waals surface area contributed by atoms with Crippen molar-refractivity contribution in [3.63, 3.8) is 0 Å². The van der Waals surface area contributed by atoms with Crippen LogP contribution in [-0.4, -0.2) is 44.2 Å². The number of rotatable bonds is 8. The third-order valence-corrected chi connectivity index (χ3v) is 1.82. The summed E-state index contributed by atoms with van der Waals surface area (Å²) < 4.78 is 0. The van der Waals surface area contributed by atoms with E-state index >= 15 is 0 Å². The van der Waals surface area contributed by atoms with E-state index in [-0.39, 0.29) is 0 Å². The standard InChI is InChI=1S/C8H22N4/c9-3-1-2-6-12(7-4-10)8-5-11/h1-11H2. The fourth-order valence-corrected chi connectivity index (χ4v) is 1.18. The van der Waals surface area contributed by atoms with Crippen LogP contribution in [0.4, 0.5) is 0 Å². The van der Waals surface area contributed by atoms with Crippen LogP contribution in [0, 0.1) is 0 Å². The summed E-state index contributed by atoms with van der Waals surface area (Å²) in [6, 6.07) is 0. The molecule has 0 atom stereocenters. The molecule has 0 aliphatic carbocycles. The van der Waals surface area contributed by atoms with Crippen LogP contribution in [0.15, 0.2) is 0 Å². The third kappa shape index (κ3) is 6.54. The second-order valence-corrected chi connectivity index (χ2v) is 2.91. The molecule has 0 saturated carbocycles. The Morgan fingerprint density at radius 3 is 1.67 bits per heavy atom. The summed E-state index contributed by atoms with van der Waals surface area (Å²) in [4.78, 5) is 2.29. The molecule has 12 heavy (non-hydrogen) atoms. The number of nitrogens with two attached hydrogens (primary N) is 3. The molecule has 0 aliphatic heterocycles. The Morgan fingerprint density at radius 2 is 1.25 bits per heavy atom. The molecule has 4 nitrogen and oxygen atoms in total. The highest BCUT2D eigenvalue weighted by atomic mass is 15.1. The maximum Gasteiger partial charge on any atom is 0.0105 e. The molecule has 0 heterocycles. The summed E-state index contributed by atoms with van der Waals surface area (Å²) >= 11 is 0. The van der Waals surface area contributed by atoms with Crippen LogP contribution in [0.25, 0.3) is 0 Å². The maximum atomic E-state index is 5.46. The van der Waals surface area contributed by atoms with E-state index in [1.165, 1.54) is 0 Å². The van der Waals surface area contributed by atoms with Gasteiger partial charge in [0.2, 0.25) is 0 Å². The summed E-state index contributed by atoms with van der Waals surface area (Å²) in [6.45, 7) is 5.17. The largest absolute Gasteiger partial charge is 0.330 e. The lowest BCUT2D eigenvalue weighted by Gasteiger charge is -2.20. The Morgan fingerprint density at radius 1 is 0.667 bits per heavy atom. The molecule has 0 saturated heterocycles. The first-order valence-corrected chi connectivity index (χ1v) is 4.67. The Balaban J connectivity index is 3.34.